The monoisotopic (exact) mass is 201 g/mol. The number of aryl methyl sites for hydroxylation is 1. The lowest BCUT2D eigenvalue weighted by molar-refractivity contribution is -0.138. The molecule has 1 aromatic carbocycles. The average Bonchev–Trinajstić information content (AvgIpc) is 2.14. The first-order chi connectivity index (χ1) is 6.55. The Morgan fingerprint density at radius 3 is 2.43 bits per heavy atom. The van der Waals surface area contributed by atoms with Crippen molar-refractivity contribution in [3.8, 4) is 0 Å². The molecule has 0 saturated heterocycles. The molecule has 0 fully saturated rings. The summed E-state index contributed by atoms with van der Waals surface area (Å²) in [6, 6.07) is 5.72. The smallest absolute Gasteiger partial charge is 0.166 e. The van der Waals surface area contributed by atoms with Crippen LogP contribution in [0.5, 0.6) is 0 Å². The largest absolute Gasteiger partial charge is 0.416 e. The fraction of sp³-hybridized carbons (Fsp3) is 0.364. The van der Waals surface area contributed by atoms with Crippen LogP contribution in [0.1, 0.15) is 24.5 Å². The van der Waals surface area contributed by atoms with E-state index in [1.165, 1.54) is 12.1 Å². The number of benzene rings is 1. The van der Waals surface area contributed by atoms with Gasteiger partial charge in [-0.2, -0.15) is 13.2 Å². The molecule has 14 heavy (non-hydrogen) atoms. The maximum absolute atomic E-state index is 12.5. The Balaban J connectivity index is 2.92. The van der Waals surface area contributed by atoms with Crippen molar-refractivity contribution in [2.75, 3.05) is 0 Å². The van der Waals surface area contributed by atoms with Gasteiger partial charge in [0.25, 0.3) is 0 Å². The van der Waals surface area contributed by atoms with Crippen LogP contribution in [0.3, 0.4) is 0 Å². The Bertz CT molecular complexity index is 289. The number of unbranched alkanes of at least 4 members (excludes halogenated alkanes) is 1. The molecule has 0 N–H and O–H groups in total. The first kappa shape index (κ1) is 11.1. The molecule has 77 valence electrons. The highest BCUT2D eigenvalue weighted by Gasteiger charge is 2.32. The number of rotatable bonds is 3. The van der Waals surface area contributed by atoms with Crippen LogP contribution in [-0.2, 0) is 12.6 Å². The Morgan fingerprint density at radius 1 is 1.21 bits per heavy atom. The summed E-state index contributed by atoms with van der Waals surface area (Å²) in [5, 5.41) is 0. The van der Waals surface area contributed by atoms with Gasteiger partial charge in [0.2, 0.25) is 0 Å². The van der Waals surface area contributed by atoms with Crippen LogP contribution in [-0.4, -0.2) is 0 Å². The van der Waals surface area contributed by atoms with Gasteiger partial charge in [-0.25, -0.2) is 0 Å². The van der Waals surface area contributed by atoms with Crippen molar-refractivity contribution in [2.45, 2.75) is 25.9 Å². The summed E-state index contributed by atoms with van der Waals surface area (Å²) in [7, 11) is 0. The highest BCUT2D eigenvalue weighted by atomic mass is 19.4. The SMILES string of the molecule is C[CH]CCc1ccccc1C(F)(F)F. The van der Waals surface area contributed by atoms with Gasteiger partial charge in [0.15, 0.2) is 0 Å². The van der Waals surface area contributed by atoms with Gasteiger partial charge in [-0.15, -0.1) is 0 Å². The Kier molecular flexibility index (Phi) is 3.55. The first-order valence-electron chi connectivity index (χ1n) is 4.48. The van der Waals surface area contributed by atoms with Gasteiger partial charge in [0, 0.05) is 0 Å². The molecule has 0 aliphatic carbocycles. The van der Waals surface area contributed by atoms with E-state index in [4.69, 9.17) is 0 Å². The van der Waals surface area contributed by atoms with Gasteiger partial charge in [-0.3, -0.25) is 0 Å². The van der Waals surface area contributed by atoms with Gasteiger partial charge in [0.1, 0.15) is 0 Å². The third-order valence-electron chi connectivity index (χ3n) is 2.03. The molecular formula is C11H12F3. The summed E-state index contributed by atoms with van der Waals surface area (Å²) in [4.78, 5) is 0. The molecule has 0 aliphatic heterocycles. The highest BCUT2D eigenvalue weighted by molar-refractivity contribution is 5.29. The molecular weight excluding hydrogens is 189 g/mol. The zero-order valence-corrected chi connectivity index (χ0v) is 7.93. The molecule has 0 heterocycles. The average molecular weight is 201 g/mol. The lowest BCUT2D eigenvalue weighted by atomic mass is 10.0. The number of hydrogen-bond donors (Lipinski definition) is 0. The molecule has 0 spiro atoms. The predicted octanol–water partition coefficient (Wildman–Crippen LogP) is 3.86. The van der Waals surface area contributed by atoms with Crippen LogP contribution in [0.25, 0.3) is 0 Å². The minimum Gasteiger partial charge on any atom is -0.166 e. The molecule has 3 heteroatoms. The zero-order chi connectivity index (χ0) is 10.6. The number of alkyl halides is 3. The summed E-state index contributed by atoms with van der Waals surface area (Å²) >= 11 is 0. The van der Waals surface area contributed by atoms with E-state index in [2.05, 4.69) is 0 Å². The number of hydrogen-bond acceptors (Lipinski definition) is 0. The zero-order valence-electron chi connectivity index (χ0n) is 7.93. The third kappa shape index (κ3) is 2.76. The summed E-state index contributed by atoms with van der Waals surface area (Å²) in [6.07, 6.45) is -1.24. The maximum atomic E-state index is 12.5. The van der Waals surface area contributed by atoms with Crippen LogP contribution < -0.4 is 0 Å². The van der Waals surface area contributed by atoms with E-state index in [1.54, 1.807) is 6.07 Å². The molecule has 0 amide bonds. The van der Waals surface area contributed by atoms with Gasteiger partial charge in [-0.05, 0) is 30.9 Å². The van der Waals surface area contributed by atoms with Crippen LogP contribution >= 0.6 is 0 Å². The van der Waals surface area contributed by atoms with Gasteiger partial charge >= 0.3 is 6.18 Å². The summed E-state index contributed by atoms with van der Waals surface area (Å²) in [5.41, 5.74) is -0.139. The first-order valence-corrected chi connectivity index (χ1v) is 4.48. The minimum absolute atomic E-state index is 0.373. The predicted molar refractivity (Wildman–Crippen MR) is 49.7 cm³/mol. The van der Waals surface area contributed by atoms with Gasteiger partial charge < -0.3 is 0 Å². The molecule has 1 radical (unpaired) electrons. The normalized spacial score (nSPS) is 11.7. The molecule has 0 nitrogen and oxygen atoms in total. The van der Waals surface area contributed by atoms with Gasteiger partial charge in [-0.1, -0.05) is 25.1 Å². The molecule has 1 aromatic rings. The van der Waals surface area contributed by atoms with Crippen LogP contribution in [0, 0.1) is 6.42 Å². The third-order valence-corrected chi connectivity index (χ3v) is 2.03. The lowest BCUT2D eigenvalue weighted by Crippen LogP contribution is -2.08. The van der Waals surface area contributed by atoms with Crippen molar-refractivity contribution in [2.24, 2.45) is 0 Å². The van der Waals surface area contributed by atoms with E-state index in [-0.39, 0.29) is 0 Å². The Morgan fingerprint density at radius 2 is 1.86 bits per heavy atom. The quantitative estimate of drug-likeness (QED) is 0.696. The fourth-order valence-electron chi connectivity index (χ4n) is 1.31. The molecule has 0 atom stereocenters. The Hall–Kier alpha value is -0.990. The van der Waals surface area contributed by atoms with Crippen LogP contribution in [0.15, 0.2) is 24.3 Å². The van der Waals surface area contributed by atoms with Gasteiger partial charge in [0.05, 0.1) is 5.56 Å². The molecule has 0 aliphatic rings. The minimum atomic E-state index is -4.23. The maximum Gasteiger partial charge on any atom is 0.416 e. The van der Waals surface area contributed by atoms with Crippen LogP contribution in [0.2, 0.25) is 0 Å². The van der Waals surface area contributed by atoms with Crippen molar-refractivity contribution in [3.63, 3.8) is 0 Å². The van der Waals surface area contributed by atoms with Crippen LogP contribution in [0.4, 0.5) is 13.2 Å². The molecule has 0 bridgehead atoms. The van der Waals surface area contributed by atoms with Crippen molar-refractivity contribution < 1.29 is 13.2 Å². The van der Waals surface area contributed by atoms with Crippen molar-refractivity contribution >= 4 is 0 Å². The molecule has 0 unspecified atom stereocenters. The van der Waals surface area contributed by atoms with Crippen molar-refractivity contribution in [1.29, 1.82) is 0 Å². The number of halogens is 3. The second-order valence-corrected chi connectivity index (χ2v) is 3.10. The topological polar surface area (TPSA) is 0 Å². The fourth-order valence-corrected chi connectivity index (χ4v) is 1.31. The van der Waals surface area contributed by atoms with E-state index in [0.29, 0.717) is 18.4 Å². The van der Waals surface area contributed by atoms with E-state index < -0.39 is 11.7 Å². The summed E-state index contributed by atoms with van der Waals surface area (Å²) in [5.74, 6) is 0. The Labute approximate surface area is 81.8 Å². The second-order valence-electron chi connectivity index (χ2n) is 3.10. The standard InChI is InChI=1S/C11H12F3/c1-2-3-6-9-7-4-5-8-10(9)11(12,13)14/h2,4-5,7-8H,3,6H2,1H3. The summed E-state index contributed by atoms with van der Waals surface area (Å²) < 4.78 is 37.4. The summed E-state index contributed by atoms with van der Waals surface area (Å²) in [6.45, 7) is 1.84. The molecule has 1 rings (SSSR count). The molecule has 0 aromatic heterocycles. The van der Waals surface area contributed by atoms with E-state index in [1.807, 2.05) is 13.3 Å². The highest BCUT2D eigenvalue weighted by Crippen LogP contribution is 2.32. The van der Waals surface area contributed by atoms with E-state index >= 15 is 0 Å². The van der Waals surface area contributed by atoms with E-state index in [9.17, 15) is 13.2 Å². The molecule has 0 saturated carbocycles. The van der Waals surface area contributed by atoms with E-state index in [0.717, 1.165) is 6.07 Å². The van der Waals surface area contributed by atoms with Crippen molar-refractivity contribution in [1.82, 2.24) is 0 Å². The lowest BCUT2D eigenvalue weighted by Gasteiger charge is -2.11. The van der Waals surface area contributed by atoms with Crippen molar-refractivity contribution in [3.05, 3.63) is 41.8 Å². The second kappa shape index (κ2) is 4.49.